The Kier molecular flexibility index (Phi) is 3.92. The van der Waals surface area contributed by atoms with Gasteiger partial charge in [-0.05, 0) is 63.2 Å². The zero-order valence-corrected chi connectivity index (χ0v) is 11.4. The molecule has 1 aliphatic carbocycles. The van der Waals surface area contributed by atoms with Gasteiger partial charge in [0.2, 0.25) is 0 Å². The summed E-state index contributed by atoms with van der Waals surface area (Å²) < 4.78 is 11.6. The third kappa shape index (κ3) is 2.73. The Morgan fingerprint density at radius 3 is 2.28 bits per heavy atom. The van der Waals surface area contributed by atoms with Crippen LogP contribution in [0.2, 0.25) is 0 Å². The molecule has 104 valence electrons. The van der Waals surface area contributed by atoms with E-state index in [0.717, 1.165) is 44.5 Å². The molecule has 0 aromatic carbocycles. The third-order valence-corrected chi connectivity index (χ3v) is 5.42. The fourth-order valence-corrected chi connectivity index (χ4v) is 4.18. The van der Waals surface area contributed by atoms with Crippen LogP contribution >= 0.6 is 0 Å². The molecule has 0 bridgehead atoms. The van der Waals surface area contributed by atoms with Crippen molar-refractivity contribution >= 4 is 0 Å². The first-order valence-corrected chi connectivity index (χ1v) is 7.75. The lowest BCUT2D eigenvalue weighted by molar-refractivity contribution is -0.154. The largest absolute Gasteiger partial charge is 0.381 e. The Hall–Kier alpha value is -0.120. The second-order valence-corrected chi connectivity index (χ2v) is 6.57. The molecular weight excluding hydrogens is 226 g/mol. The Bertz CT molecular complexity index is 262. The van der Waals surface area contributed by atoms with Crippen molar-refractivity contribution in [1.82, 2.24) is 0 Å². The van der Waals surface area contributed by atoms with Gasteiger partial charge in [0.25, 0.3) is 0 Å². The van der Waals surface area contributed by atoms with Crippen LogP contribution in [0.25, 0.3) is 0 Å². The highest BCUT2D eigenvalue weighted by molar-refractivity contribution is 4.92. The summed E-state index contributed by atoms with van der Waals surface area (Å²) in [5.74, 6) is 1.79. The fraction of sp³-hybridized carbons (Fsp3) is 1.00. The highest BCUT2D eigenvalue weighted by Gasteiger charge is 2.41. The van der Waals surface area contributed by atoms with E-state index in [1.165, 1.54) is 38.5 Å². The van der Waals surface area contributed by atoms with Crippen LogP contribution in [0.15, 0.2) is 0 Å². The number of hydrogen-bond donors (Lipinski definition) is 1. The Labute approximate surface area is 110 Å². The number of nitrogens with two attached hydrogens (primary N) is 1. The van der Waals surface area contributed by atoms with Crippen LogP contribution in [-0.2, 0) is 9.47 Å². The molecule has 2 saturated heterocycles. The molecule has 0 radical (unpaired) electrons. The van der Waals surface area contributed by atoms with E-state index >= 15 is 0 Å². The van der Waals surface area contributed by atoms with Crippen LogP contribution in [0.1, 0.15) is 51.4 Å². The molecule has 1 atom stereocenters. The minimum atomic E-state index is 0.167. The molecule has 3 nitrogen and oxygen atoms in total. The normalized spacial score (nSPS) is 40.8. The molecule has 3 aliphatic rings. The maximum Gasteiger partial charge on any atom is 0.0729 e. The Balaban J connectivity index is 1.59. The van der Waals surface area contributed by atoms with Gasteiger partial charge in [0.05, 0.1) is 5.60 Å². The maximum absolute atomic E-state index is 6.14. The summed E-state index contributed by atoms with van der Waals surface area (Å²) >= 11 is 0. The van der Waals surface area contributed by atoms with Crippen molar-refractivity contribution in [1.29, 1.82) is 0 Å². The molecule has 3 rings (SSSR count). The second kappa shape index (κ2) is 5.48. The Morgan fingerprint density at radius 1 is 0.833 bits per heavy atom. The summed E-state index contributed by atoms with van der Waals surface area (Å²) in [6.45, 7) is 2.75. The summed E-state index contributed by atoms with van der Waals surface area (Å²) in [4.78, 5) is 0. The van der Waals surface area contributed by atoms with Gasteiger partial charge in [0.1, 0.15) is 0 Å². The molecule has 0 aromatic rings. The molecule has 1 unspecified atom stereocenters. The van der Waals surface area contributed by atoms with E-state index in [-0.39, 0.29) is 5.60 Å². The molecule has 2 heterocycles. The first-order valence-electron chi connectivity index (χ1n) is 7.75. The number of ether oxygens (including phenoxy) is 2. The minimum Gasteiger partial charge on any atom is -0.381 e. The Morgan fingerprint density at radius 2 is 1.56 bits per heavy atom. The van der Waals surface area contributed by atoms with Crippen LogP contribution in [0.5, 0.6) is 0 Å². The van der Waals surface area contributed by atoms with Gasteiger partial charge in [-0.3, -0.25) is 0 Å². The minimum absolute atomic E-state index is 0.167. The van der Waals surface area contributed by atoms with Crippen molar-refractivity contribution < 1.29 is 9.47 Å². The smallest absolute Gasteiger partial charge is 0.0729 e. The van der Waals surface area contributed by atoms with Gasteiger partial charge in [0, 0.05) is 25.9 Å². The van der Waals surface area contributed by atoms with Crippen LogP contribution in [0, 0.1) is 11.8 Å². The SMILES string of the molecule is NC1CCC(C2CCOC3(CCOCC3)C2)CC1. The summed E-state index contributed by atoms with van der Waals surface area (Å²) in [6, 6.07) is 0.470. The first kappa shape index (κ1) is 12.9. The average Bonchev–Trinajstić information content (AvgIpc) is 2.40. The van der Waals surface area contributed by atoms with Gasteiger partial charge in [-0.15, -0.1) is 0 Å². The molecule has 0 aromatic heterocycles. The van der Waals surface area contributed by atoms with E-state index in [9.17, 15) is 0 Å². The van der Waals surface area contributed by atoms with Crippen molar-refractivity contribution in [3.05, 3.63) is 0 Å². The van der Waals surface area contributed by atoms with Gasteiger partial charge < -0.3 is 15.2 Å². The van der Waals surface area contributed by atoms with Crippen LogP contribution in [-0.4, -0.2) is 31.5 Å². The first-order chi connectivity index (χ1) is 8.77. The molecule has 0 amide bonds. The van der Waals surface area contributed by atoms with Crippen LogP contribution < -0.4 is 5.73 Å². The zero-order chi connectivity index (χ0) is 12.4. The highest BCUT2D eigenvalue weighted by Crippen LogP contribution is 2.43. The molecule has 3 fully saturated rings. The average molecular weight is 253 g/mol. The quantitative estimate of drug-likeness (QED) is 0.781. The lowest BCUT2D eigenvalue weighted by atomic mass is 9.70. The fourth-order valence-electron chi connectivity index (χ4n) is 4.18. The van der Waals surface area contributed by atoms with Crippen molar-refractivity contribution in [3.8, 4) is 0 Å². The molecule has 18 heavy (non-hydrogen) atoms. The maximum atomic E-state index is 6.14. The molecular formula is C15H27NO2. The second-order valence-electron chi connectivity index (χ2n) is 6.57. The van der Waals surface area contributed by atoms with Crippen molar-refractivity contribution in [2.45, 2.75) is 63.0 Å². The third-order valence-electron chi connectivity index (χ3n) is 5.42. The molecule has 3 heteroatoms. The molecule has 2 N–H and O–H groups in total. The highest BCUT2D eigenvalue weighted by atomic mass is 16.5. The molecule has 1 saturated carbocycles. The molecule has 2 aliphatic heterocycles. The van der Waals surface area contributed by atoms with E-state index in [0.29, 0.717) is 6.04 Å². The predicted molar refractivity (Wildman–Crippen MR) is 71.4 cm³/mol. The van der Waals surface area contributed by atoms with E-state index in [1.807, 2.05) is 0 Å². The van der Waals surface area contributed by atoms with E-state index in [1.54, 1.807) is 0 Å². The van der Waals surface area contributed by atoms with Crippen molar-refractivity contribution in [3.63, 3.8) is 0 Å². The van der Waals surface area contributed by atoms with Crippen LogP contribution in [0.3, 0.4) is 0 Å². The van der Waals surface area contributed by atoms with Gasteiger partial charge in [0.15, 0.2) is 0 Å². The zero-order valence-electron chi connectivity index (χ0n) is 11.4. The van der Waals surface area contributed by atoms with Gasteiger partial charge >= 0.3 is 0 Å². The van der Waals surface area contributed by atoms with Crippen molar-refractivity contribution in [2.75, 3.05) is 19.8 Å². The number of hydrogen-bond acceptors (Lipinski definition) is 3. The van der Waals surface area contributed by atoms with E-state index in [4.69, 9.17) is 15.2 Å². The summed E-state index contributed by atoms with van der Waals surface area (Å²) in [6.07, 6.45) is 9.91. The lowest BCUT2D eigenvalue weighted by Gasteiger charge is -2.46. The topological polar surface area (TPSA) is 44.5 Å². The van der Waals surface area contributed by atoms with Gasteiger partial charge in [-0.25, -0.2) is 0 Å². The summed E-state index contributed by atoms with van der Waals surface area (Å²) in [5.41, 5.74) is 6.19. The lowest BCUT2D eigenvalue weighted by Crippen LogP contribution is -2.46. The predicted octanol–water partition coefficient (Wildman–Crippen LogP) is 2.48. The molecule has 1 spiro atoms. The van der Waals surface area contributed by atoms with Gasteiger partial charge in [-0.2, -0.15) is 0 Å². The van der Waals surface area contributed by atoms with E-state index in [2.05, 4.69) is 0 Å². The van der Waals surface area contributed by atoms with Crippen molar-refractivity contribution in [2.24, 2.45) is 17.6 Å². The summed E-state index contributed by atoms with van der Waals surface area (Å²) in [5, 5.41) is 0. The monoisotopic (exact) mass is 253 g/mol. The standard InChI is InChI=1S/C15H27NO2/c16-14-3-1-12(2-4-14)13-5-8-18-15(11-13)6-9-17-10-7-15/h12-14H,1-11,16H2. The van der Waals surface area contributed by atoms with Crippen LogP contribution in [0.4, 0.5) is 0 Å². The summed E-state index contributed by atoms with van der Waals surface area (Å²) in [7, 11) is 0. The van der Waals surface area contributed by atoms with E-state index < -0.39 is 0 Å². The van der Waals surface area contributed by atoms with Gasteiger partial charge in [-0.1, -0.05) is 0 Å². The number of rotatable bonds is 1.